The number of aromatic nitrogens is 2. The molecule has 0 aliphatic carbocycles. The molecule has 3 nitrogen and oxygen atoms in total. The summed E-state index contributed by atoms with van der Waals surface area (Å²) in [4.78, 5) is 0. The van der Waals surface area contributed by atoms with E-state index in [0.29, 0.717) is 6.04 Å². The summed E-state index contributed by atoms with van der Waals surface area (Å²) in [5.41, 5.74) is 2.24. The second-order valence-corrected chi connectivity index (χ2v) is 5.44. The minimum Gasteiger partial charge on any atom is -0.396 e. The average Bonchev–Trinajstić information content (AvgIpc) is 2.87. The predicted molar refractivity (Wildman–Crippen MR) is 77.6 cm³/mol. The standard InChI is InChI=1S/C15H19ClN2O/c1-11(2)18-15(7-8-17-18)13(10-19)9-12-3-5-14(16)6-4-12/h3-8,11,13,19H,9-10H2,1-2H3. The van der Waals surface area contributed by atoms with Crippen molar-refractivity contribution in [1.82, 2.24) is 9.78 Å². The summed E-state index contributed by atoms with van der Waals surface area (Å²) >= 11 is 5.88. The van der Waals surface area contributed by atoms with E-state index in [4.69, 9.17) is 11.6 Å². The van der Waals surface area contributed by atoms with Crippen LogP contribution in [0.2, 0.25) is 5.02 Å². The van der Waals surface area contributed by atoms with E-state index in [1.807, 2.05) is 35.0 Å². The molecule has 0 fully saturated rings. The highest BCUT2D eigenvalue weighted by Crippen LogP contribution is 2.23. The lowest BCUT2D eigenvalue weighted by Gasteiger charge is -2.18. The lowest BCUT2D eigenvalue weighted by Crippen LogP contribution is -2.16. The number of nitrogens with zero attached hydrogens (tertiary/aromatic N) is 2. The van der Waals surface area contributed by atoms with Crippen molar-refractivity contribution in [2.45, 2.75) is 32.2 Å². The molecule has 0 amide bonds. The molecular weight excluding hydrogens is 260 g/mol. The fourth-order valence-corrected chi connectivity index (χ4v) is 2.37. The third kappa shape index (κ3) is 3.37. The Balaban J connectivity index is 2.20. The highest BCUT2D eigenvalue weighted by atomic mass is 35.5. The normalized spacial score (nSPS) is 12.9. The molecule has 0 saturated heterocycles. The van der Waals surface area contributed by atoms with E-state index in [9.17, 15) is 5.11 Å². The van der Waals surface area contributed by atoms with Crippen molar-refractivity contribution in [3.63, 3.8) is 0 Å². The van der Waals surface area contributed by atoms with Gasteiger partial charge in [0.15, 0.2) is 0 Å². The number of benzene rings is 1. The van der Waals surface area contributed by atoms with Gasteiger partial charge in [0.05, 0.1) is 6.61 Å². The van der Waals surface area contributed by atoms with Crippen LogP contribution in [0.3, 0.4) is 0 Å². The van der Waals surface area contributed by atoms with Crippen LogP contribution in [0, 0.1) is 0 Å². The van der Waals surface area contributed by atoms with Gasteiger partial charge in [0, 0.05) is 28.9 Å². The fraction of sp³-hybridized carbons (Fsp3) is 0.400. The van der Waals surface area contributed by atoms with E-state index < -0.39 is 0 Å². The van der Waals surface area contributed by atoms with Crippen LogP contribution in [-0.2, 0) is 6.42 Å². The van der Waals surface area contributed by atoms with Gasteiger partial charge in [0.1, 0.15) is 0 Å². The first-order valence-corrected chi connectivity index (χ1v) is 6.88. The quantitative estimate of drug-likeness (QED) is 0.910. The van der Waals surface area contributed by atoms with Gasteiger partial charge < -0.3 is 5.11 Å². The van der Waals surface area contributed by atoms with Crippen molar-refractivity contribution in [2.24, 2.45) is 0 Å². The van der Waals surface area contributed by atoms with Gasteiger partial charge in [-0.3, -0.25) is 4.68 Å². The topological polar surface area (TPSA) is 38.0 Å². The van der Waals surface area contributed by atoms with Gasteiger partial charge in [-0.2, -0.15) is 5.10 Å². The summed E-state index contributed by atoms with van der Waals surface area (Å²) in [6.07, 6.45) is 2.58. The van der Waals surface area contributed by atoms with Crippen LogP contribution in [0.5, 0.6) is 0 Å². The van der Waals surface area contributed by atoms with Gasteiger partial charge in [-0.15, -0.1) is 0 Å². The van der Waals surface area contributed by atoms with Crippen LogP contribution in [-0.4, -0.2) is 21.5 Å². The van der Waals surface area contributed by atoms with Crippen molar-refractivity contribution in [3.8, 4) is 0 Å². The van der Waals surface area contributed by atoms with Gasteiger partial charge in [0.2, 0.25) is 0 Å². The van der Waals surface area contributed by atoms with Crippen LogP contribution in [0.15, 0.2) is 36.5 Å². The average molecular weight is 279 g/mol. The van der Waals surface area contributed by atoms with Gasteiger partial charge in [-0.25, -0.2) is 0 Å². The van der Waals surface area contributed by atoms with E-state index >= 15 is 0 Å². The number of hydrogen-bond donors (Lipinski definition) is 1. The molecule has 1 aromatic heterocycles. The molecule has 0 spiro atoms. The van der Waals surface area contributed by atoms with Gasteiger partial charge in [-0.05, 0) is 44.0 Å². The van der Waals surface area contributed by atoms with Crippen LogP contribution in [0.25, 0.3) is 0 Å². The first-order chi connectivity index (χ1) is 9.11. The minimum atomic E-state index is 0.0612. The molecule has 0 aliphatic rings. The number of aliphatic hydroxyl groups excluding tert-OH is 1. The van der Waals surface area contributed by atoms with Crippen LogP contribution < -0.4 is 0 Å². The molecule has 2 rings (SSSR count). The maximum absolute atomic E-state index is 9.65. The molecule has 0 radical (unpaired) electrons. The minimum absolute atomic E-state index is 0.0612. The molecule has 1 N–H and O–H groups in total. The summed E-state index contributed by atoms with van der Waals surface area (Å²) in [6.45, 7) is 4.29. The Morgan fingerprint density at radius 2 is 1.89 bits per heavy atom. The zero-order valence-electron chi connectivity index (χ0n) is 11.3. The van der Waals surface area contributed by atoms with Crippen molar-refractivity contribution >= 4 is 11.6 Å². The van der Waals surface area contributed by atoms with Crippen molar-refractivity contribution in [2.75, 3.05) is 6.61 Å². The SMILES string of the molecule is CC(C)n1nccc1C(CO)Cc1ccc(Cl)cc1. The number of halogens is 1. The Morgan fingerprint density at radius 3 is 2.47 bits per heavy atom. The summed E-state index contributed by atoms with van der Waals surface area (Å²) in [7, 11) is 0. The zero-order valence-corrected chi connectivity index (χ0v) is 12.0. The highest BCUT2D eigenvalue weighted by molar-refractivity contribution is 6.30. The number of hydrogen-bond acceptors (Lipinski definition) is 2. The third-order valence-electron chi connectivity index (χ3n) is 3.22. The van der Waals surface area contributed by atoms with Crippen LogP contribution in [0.4, 0.5) is 0 Å². The van der Waals surface area contributed by atoms with E-state index in [0.717, 1.165) is 17.1 Å². The van der Waals surface area contributed by atoms with Crippen LogP contribution >= 0.6 is 11.6 Å². The molecule has 0 saturated carbocycles. The van der Waals surface area contributed by atoms with E-state index in [-0.39, 0.29) is 12.5 Å². The fourth-order valence-electron chi connectivity index (χ4n) is 2.25. The number of aliphatic hydroxyl groups is 1. The lowest BCUT2D eigenvalue weighted by molar-refractivity contribution is 0.256. The highest BCUT2D eigenvalue weighted by Gasteiger charge is 2.17. The zero-order chi connectivity index (χ0) is 13.8. The molecular formula is C15H19ClN2O. The molecule has 1 unspecified atom stereocenters. The second kappa shape index (κ2) is 6.22. The first-order valence-electron chi connectivity index (χ1n) is 6.50. The van der Waals surface area contributed by atoms with Gasteiger partial charge >= 0.3 is 0 Å². The second-order valence-electron chi connectivity index (χ2n) is 5.00. The molecule has 1 aromatic carbocycles. The smallest absolute Gasteiger partial charge is 0.0517 e. The largest absolute Gasteiger partial charge is 0.396 e. The van der Waals surface area contributed by atoms with Crippen molar-refractivity contribution < 1.29 is 5.11 Å². The van der Waals surface area contributed by atoms with Crippen LogP contribution in [0.1, 0.15) is 37.1 Å². The third-order valence-corrected chi connectivity index (χ3v) is 3.48. The van der Waals surface area contributed by atoms with Crippen molar-refractivity contribution in [1.29, 1.82) is 0 Å². The first kappa shape index (κ1) is 14.1. The summed E-state index contributed by atoms with van der Waals surface area (Å²) < 4.78 is 1.97. The summed E-state index contributed by atoms with van der Waals surface area (Å²) in [6, 6.07) is 10.0. The Morgan fingerprint density at radius 1 is 1.21 bits per heavy atom. The molecule has 0 aliphatic heterocycles. The van der Waals surface area contributed by atoms with E-state index in [2.05, 4.69) is 18.9 Å². The van der Waals surface area contributed by atoms with E-state index in [1.165, 1.54) is 5.56 Å². The molecule has 0 bridgehead atoms. The number of rotatable bonds is 5. The molecule has 2 aromatic rings. The Labute approximate surface area is 118 Å². The molecule has 1 heterocycles. The maximum Gasteiger partial charge on any atom is 0.0517 e. The Bertz CT molecular complexity index is 519. The van der Waals surface area contributed by atoms with E-state index in [1.54, 1.807) is 6.20 Å². The van der Waals surface area contributed by atoms with Crippen molar-refractivity contribution in [3.05, 3.63) is 52.8 Å². The lowest BCUT2D eigenvalue weighted by atomic mass is 9.96. The van der Waals surface area contributed by atoms with Gasteiger partial charge in [0.25, 0.3) is 0 Å². The molecule has 1 atom stereocenters. The molecule has 102 valence electrons. The summed E-state index contributed by atoms with van der Waals surface area (Å²) in [5.74, 6) is 0.0612. The molecule has 4 heteroatoms. The summed E-state index contributed by atoms with van der Waals surface area (Å²) in [5, 5.41) is 14.7. The maximum atomic E-state index is 9.65. The van der Waals surface area contributed by atoms with Gasteiger partial charge in [-0.1, -0.05) is 23.7 Å². The Kier molecular flexibility index (Phi) is 4.61. The predicted octanol–water partition coefficient (Wildman–Crippen LogP) is 3.44. The monoisotopic (exact) mass is 278 g/mol. The Hall–Kier alpha value is -1.32. The molecule has 19 heavy (non-hydrogen) atoms.